The van der Waals surface area contributed by atoms with Gasteiger partial charge in [-0.25, -0.2) is 4.98 Å². The van der Waals surface area contributed by atoms with Gasteiger partial charge >= 0.3 is 0 Å². The van der Waals surface area contributed by atoms with Crippen molar-refractivity contribution < 1.29 is 9.90 Å². The average Bonchev–Trinajstić information content (AvgIpc) is 3.29. The quantitative estimate of drug-likeness (QED) is 0.553. The molecule has 0 spiro atoms. The topological polar surface area (TPSA) is 110 Å². The third kappa shape index (κ3) is 3.13. The molecule has 0 saturated carbocycles. The summed E-state index contributed by atoms with van der Waals surface area (Å²) in [6, 6.07) is 3.39. The number of hydrogen-bond donors (Lipinski definition) is 2. The van der Waals surface area contributed by atoms with Crippen LogP contribution in [0.2, 0.25) is 0 Å². The van der Waals surface area contributed by atoms with E-state index in [2.05, 4.69) is 25.5 Å². The zero-order valence-electron chi connectivity index (χ0n) is 14.9. The van der Waals surface area contributed by atoms with E-state index in [0.717, 1.165) is 11.3 Å². The van der Waals surface area contributed by atoms with E-state index in [-0.39, 0.29) is 11.8 Å². The molecule has 1 amide bonds. The zero-order valence-corrected chi connectivity index (χ0v) is 14.9. The van der Waals surface area contributed by atoms with Gasteiger partial charge in [-0.15, -0.1) is 10.2 Å². The summed E-state index contributed by atoms with van der Waals surface area (Å²) in [5, 5.41) is 21.3. The van der Waals surface area contributed by atoms with Crippen molar-refractivity contribution in [1.82, 2.24) is 34.3 Å². The molecule has 4 aromatic rings. The highest BCUT2D eigenvalue weighted by Gasteiger charge is 2.19. The number of fused-ring (bicyclic) bond motifs is 2. The second-order valence-electron chi connectivity index (χ2n) is 6.63. The number of rotatable bonds is 5. The van der Waals surface area contributed by atoms with Crippen molar-refractivity contribution in [3.05, 3.63) is 60.2 Å². The van der Waals surface area contributed by atoms with Crippen LogP contribution < -0.4 is 5.32 Å². The summed E-state index contributed by atoms with van der Waals surface area (Å²) in [6.07, 6.45) is 7.72. The molecule has 0 bridgehead atoms. The molecular weight excluding hydrogens is 346 g/mol. The molecule has 0 aliphatic heterocycles. The van der Waals surface area contributed by atoms with Gasteiger partial charge in [0.1, 0.15) is 6.10 Å². The second-order valence-corrected chi connectivity index (χ2v) is 6.63. The van der Waals surface area contributed by atoms with Gasteiger partial charge in [0, 0.05) is 18.6 Å². The fraction of sp³-hybridized carbons (Fsp3) is 0.278. The predicted octanol–water partition coefficient (Wildman–Crippen LogP) is 1.39. The van der Waals surface area contributed by atoms with Gasteiger partial charge in [-0.2, -0.15) is 0 Å². The first kappa shape index (κ1) is 17.1. The minimum Gasteiger partial charge on any atom is -0.385 e. The van der Waals surface area contributed by atoms with E-state index < -0.39 is 6.10 Å². The van der Waals surface area contributed by atoms with Gasteiger partial charge in [0.05, 0.1) is 30.2 Å². The van der Waals surface area contributed by atoms with E-state index in [4.69, 9.17) is 0 Å². The number of hydrogen-bond acceptors (Lipinski definition) is 6. The molecule has 4 heterocycles. The third-order valence-corrected chi connectivity index (χ3v) is 4.41. The number of imidazole rings is 1. The van der Waals surface area contributed by atoms with Gasteiger partial charge in [0.2, 0.25) is 0 Å². The molecule has 0 fully saturated rings. The maximum Gasteiger partial charge on any atom is 0.253 e. The highest BCUT2D eigenvalue weighted by molar-refractivity contribution is 5.94. The van der Waals surface area contributed by atoms with Crippen LogP contribution in [0.25, 0.3) is 11.3 Å². The Hall–Kier alpha value is -3.33. The molecule has 0 saturated heterocycles. The number of aliphatic hydroxyl groups is 1. The zero-order chi connectivity index (χ0) is 19.0. The standard InChI is InChI=1S/C18H19N7O2/c1-11(2)16(26)17-23-22-14-4-3-12(10-25(14)17)18(27)21-8-13-7-20-15-9-19-5-6-24(13)15/h3-7,9-11,16,26H,8H2,1-2H3,(H,21,27). The lowest BCUT2D eigenvalue weighted by molar-refractivity contribution is 0.0949. The fourth-order valence-corrected chi connectivity index (χ4v) is 2.84. The van der Waals surface area contributed by atoms with Gasteiger partial charge in [-0.3, -0.25) is 18.6 Å². The largest absolute Gasteiger partial charge is 0.385 e. The number of amides is 1. The summed E-state index contributed by atoms with van der Waals surface area (Å²) in [7, 11) is 0. The molecule has 4 rings (SSSR count). The van der Waals surface area contributed by atoms with E-state index in [0.29, 0.717) is 23.6 Å². The predicted molar refractivity (Wildman–Crippen MR) is 96.9 cm³/mol. The number of pyridine rings is 1. The molecule has 0 radical (unpaired) electrons. The van der Waals surface area contributed by atoms with Crippen molar-refractivity contribution in [1.29, 1.82) is 0 Å². The lowest BCUT2D eigenvalue weighted by atomic mass is 10.1. The second kappa shape index (κ2) is 6.76. The summed E-state index contributed by atoms with van der Waals surface area (Å²) in [4.78, 5) is 20.9. The Labute approximate surface area is 154 Å². The van der Waals surface area contributed by atoms with E-state index in [1.165, 1.54) is 0 Å². The molecule has 0 aliphatic carbocycles. The Kier molecular flexibility index (Phi) is 4.28. The minimum atomic E-state index is -0.759. The van der Waals surface area contributed by atoms with Crippen molar-refractivity contribution in [3.63, 3.8) is 0 Å². The Balaban J connectivity index is 1.56. The van der Waals surface area contributed by atoms with Gasteiger partial charge in [-0.1, -0.05) is 13.8 Å². The Morgan fingerprint density at radius 3 is 2.85 bits per heavy atom. The smallest absolute Gasteiger partial charge is 0.253 e. The number of carbonyl (C=O) groups is 1. The van der Waals surface area contributed by atoms with Gasteiger partial charge < -0.3 is 10.4 Å². The monoisotopic (exact) mass is 365 g/mol. The number of carbonyl (C=O) groups excluding carboxylic acids is 1. The van der Waals surface area contributed by atoms with Crippen molar-refractivity contribution in [2.24, 2.45) is 5.92 Å². The minimum absolute atomic E-state index is 0.0143. The van der Waals surface area contributed by atoms with Crippen LogP contribution in [0.1, 0.15) is 41.8 Å². The van der Waals surface area contributed by atoms with Crippen LogP contribution in [0.15, 0.2) is 43.1 Å². The maximum atomic E-state index is 12.6. The molecule has 0 aromatic carbocycles. The summed E-state index contributed by atoms with van der Waals surface area (Å²) in [6.45, 7) is 4.12. The van der Waals surface area contributed by atoms with Crippen LogP contribution >= 0.6 is 0 Å². The number of nitrogens with one attached hydrogen (secondary N) is 1. The molecular formula is C18H19N7O2. The normalized spacial score (nSPS) is 12.7. The van der Waals surface area contributed by atoms with E-state index >= 15 is 0 Å². The Bertz CT molecular complexity index is 1120. The Morgan fingerprint density at radius 2 is 2.04 bits per heavy atom. The van der Waals surface area contributed by atoms with Crippen LogP contribution in [0.4, 0.5) is 0 Å². The molecule has 1 unspecified atom stereocenters. The molecule has 2 N–H and O–H groups in total. The van der Waals surface area contributed by atoms with E-state index in [9.17, 15) is 9.90 Å². The van der Waals surface area contributed by atoms with E-state index in [1.54, 1.807) is 47.5 Å². The molecule has 4 aromatic heterocycles. The van der Waals surface area contributed by atoms with Crippen molar-refractivity contribution >= 4 is 17.2 Å². The Morgan fingerprint density at radius 1 is 1.19 bits per heavy atom. The van der Waals surface area contributed by atoms with Crippen LogP contribution in [-0.4, -0.2) is 40.0 Å². The molecule has 0 aliphatic rings. The highest BCUT2D eigenvalue weighted by Crippen LogP contribution is 2.20. The highest BCUT2D eigenvalue weighted by atomic mass is 16.3. The third-order valence-electron chi connectivity index (χ3n) is 4.41. The van der Waals surface area contributed by atoms with E-state index in [1.807, 2.05) is 18.2 Å². The maximum absolute atomic E-state index is 12.6. The van der Waals surface area contributed by atoms with Crippen LogP contribution in [0, 0.1) is 5.92 Å². The van der Waals surface area contributed by atoms with Crippen molar-refractivity contribution in [2.45, 2.75) is 26.5 Å². The fourth-order valence-electron chi connectivity index (χ4n) is 2.84. The molecule has 27 heavy (non-hydrogen) atoms. The van der Waals surface area contributed by atoms with Crippen molar-refractivity contribution in [3.8, 4) is 0 Å². The molecule has 9 nitrogen and oxygen atoms in total. The van der Waals surface area contributed by atoms with Gasteiger partial charge in [-0.05, 0) is 18.1 Å². The first-order valence-electron chi connectivity index (χ1n) is 8.61. The summed E-state index contributed by atoms with van der Waals surface area (Å²) in [5.74, 6) is 0.169. The lowest BCUT2D eigenvalue weighted by Gasteiger charge is -2.12. The summed E-state index contributed by atoms with van der Waals surface area (Å²) in [5.41, 5.74) is 2.60. The molecule has 9 heteroatoms. The molecule has 138 valence electrons. The van der Waals surface area contributed by atoms with Crippen molar-refractivity contribution in [2.75, 3.05) is 0 Å². The van der Waals surface area contributed by atoms with Crippen LogP contribution in [0.3, 0.4) is 0 Å². The van der Waals surface area contributed by atoms with Gasteiger partial charge in [0.15, 0.2) is 17.1 Å². The SMILES string of the molecule is CC(C)C(O)c1nnc2ccc(C(=O)NCc3cnc4cnccn34)cn12. The number of nitrogens with zero attached hydrogens (tertiary/aromatic N) is 6. The van der Waals surface area contributed by atoms with Crippen LogP contribution in [-0.2, 0) is 6.54 Å². The number of aliphatic hydroxyl groups excluding tert-OH is 1. The first-order valence-corrected chi connectivity index (χ1v) is 8.61. The first-order chi connectivity index (χ1) is 13.0. The summed E-state index contributed by atoms with van der Waals surface area (Å²) >= 11 is 0. The molecule has 1 atom stereocenters. The summed E-state index contributed by atoms with van der Waals surface area (Å²) < 4.78 is 3.52. The lowest BCUT2D eigenvalue weighted by Crippen LogP contribution is -2.24. The number of aromatic nitrogens is 6. The average molecular weight is 365 g/mol. The van der Waals surface area contributed by atoms with Gasteiger partial charge in [0.25, 0.3) is 5.91 Å². The van der Waals surface area contributed by atoms with Crippen LogP contribution in [0.5, 0.6) is 0 Å².